The standard InChI is InChI=1S/C22H19Cl2FN2O2/c23-18-9-8-16(13-19(18)24)14-27(15-17-5-3-4-11-26-17)22(28)10-12-29-21-7-2-1-6-20(21)25/h1-9,11,13H,10,12,14-15H2. The predicted molar refractivity (Wildman–Crippen MR) is 111 cm³/mol. The Balaban J connectivity index is 1.68. The van der Waals surface area contributed by atoms with Gasteiger partial charge in [0.05, 0.1) is 35.3 Å². The summed E-state index contributed by atoms with van der Waals surface area (Å²) in [4.78, 5) is 18.8. The van der Waals surface area contributed by atoms with Crippen molar-refractivity contribution in [1.29, 1.82) is 0 Å². The van der Waals surface area contributed by atoms with Crippen molar-refractivity contribution >= 4 is 29.1 Å². The van der Waals surface area contributed by atoms with Gasteiger partial charge >= 0.3 is 0 Å². The molecule has 0 aliphatic carbocycles. The number of hydrogen-bond donors (Lipinski definition) is 0. The SMILES string of the molecule is O=C(CCOc1ccccc1F)N(Cc1ccc(Cl)c(Cl)c1)Cc1ccccn1. The van der Waals surface area contributed by atoms with E-state index in [-0.39, 0.29) is 24.7 Å². The molecule has 0 aliphatic rings. The summed E-state index contributed by atoms with van der Waals surface area (Å²) in [5, 5.41) is 0.883. The largest absolute Gasteiger partial charge is 0.490 e. The number of amides is 1. The van der Waals surface area contributed by atoms with Crippen molar-refractivity contribution in [3.05, 3.63) is 94.0 Å². The van der Waals surface area contributed by atoms with E-state index in [4.69, 9.17) is 27.9 Å². The van der Waals surface area contributed by atoms with Crippen LogP contribution in [0.1, 0.15) is 17.7 Å². The smallest absolute Gasteiger partial charge is 0.226 e. The van der Waals surface area contributed by atoms with E-state index in [0.29, 0.717) is 23.1 Å². The molecule has 0 saturated carbocycles. The molecule has 0 spiro atoms. The van der Waals surface area contributed by atoms with Crippen LogP contribution in [0.2, 0.25) is 10.0 Å². The normalized spacial score (nSPS) is 10.6. The molecule has 3 aromatic rings. The van der Waals surface area contributed by atoms with Crippen LogP contribution in [0, 0.1) is 5.82 Å². The first-order chi connectivity index (χ1) is 14.0. The van der Waals surface area contributed by atoms with Crippen LogP contribution in [0.15, 0.2) is 66.9 Å². The molecule has 0 saturated heterocycles. The molecule has 29 heavy (non-hydrogen) atoms. The average Bonchev–Trinajstić information content (AvgIpc) is 2.72. The third-order valence-corrected chi connectivity index (χ3v) is 4.94. The molecule has 2 aromatic carbocycles. The molecule has 0 N–H and O–H groups in total. The summed E-state index contributed by atoms with van der Waals surface area (Å²) < 4.78 is 19.1. The first kappa shape index (κ1) is 21.1. The third-order valence-electron chi connectivity index (χ3n) is 4.20. The lowest BCUT2D eigenvalue weighted by Gasteiger charge is -2.23. The Labute approximate surface area is 178 Å². The van der Waals surface area contributed by atoms with Gasteiger partial charge in [-0.15, -0.1) is 0 Å². The molecule has 7 heteroatoms. The fraction of sp³-hybridized carbons (Fsp3) is 0.182. The minimum absolute atomic E-state index is 0.0693. The highest BCUT2D eigenvalue weighted by Crippen LogP contribution is 2.24. The maximum atomic E-state index is 13.7. The summed E-state index contributed by atoms with van der Waals surface area (Å²) in [5.41, 5.74) is 1.61. The number of carbonyl (C=O) groups is 1. The first-order valence-corrected chi connectivity index (χ1v) is 9.77. The van der Waals surface area contributed by atoms with Crippen LogP contribution in [0.4, 0.5) is 4.39 Å². The molecule has 150 valence electrons. The van der Waals surface area contributed by atoms with Gasteiger partial charge in [-0.1, -0.05) is 47.5 Å². The Morgan fingerprint density at radius 3 is 2.52 bits per heavy atom. The van der Waals surface area contributed by atoms with Gasteiger partial charge in [0, 0.05) is 12.7 Å². The number of benzene rings is 2. The molecular weight excluding hydrogens is 414 g/mol. The van der Waals surface area contributed by atoms with Gasteiger partial charge in [-0.25, -0.2) is 4.39 Å². The summed E-state index contributed by atoms with van der Waals surface area (Å²) in [6.45, 7) is 0.742. The van der Waals surface area contributed by atoms with E-state index >= 15 is 0 Å². The van der Waals surface area contributed by atoms with Crippen molar-refractivity contribution < 1.29 is 13.9 Å². The van der Waals surface area contributed by atoms with Gasteiger partial charge in [-0.3, -0.25) is 9.78 Å². The lowest BCUT2D eigenvalue weighted by atomic mass is 10.2. The molecule has 4 nitrogen and oxygen atoms in total. The zero-order valence-corrected chi connectivity index (χ0v) is 17.0. The molecule has 0 bridgehead atoms. The molecule has 1 amide bonds. The highest BCUT2D eigenvalue weighted by atomic mass is 35.5. The number of para-hydroxylation sites is 1. The van der Waals surface area contributed by atoms with E-state index in [0.717, 1.165) is 11.3 Å². The van der Waals surface area contributed by atoms with E-state index in [1.807, 2.05) is 24.3 Å². The number of halogens is 3. The zero-order chi connectivity index (χ0) is 20.6. The fourth-order valence-electron chi connectivity index (χ4n) is 2.75. The summed E-state index contributed by atoms with van der Waals surface area (Å²) in [6, 6.07) is 16.9. The Bertz CT molecular complexity index is 970. The lowest BCUT2D eigenvalue weighted by Crippen LogP contribution is -2.31. The second kappa shape index (κ2) is 10.2. The van der Waals surface area contributed by atoms with Crippen molar-refractivity contribution in [2.75, 3.05) is 6.61 Å². The van der Waals surface area contributed by atoms with Crippen molar-refractivity contribution in [2.45, 2.75) is 19.5 Å². The average molecular weight is 433 g/mol. The number of hydrogen-bond acceptors (Lipinski definition) is 3. The van der Waals surface area contributed by atoms with E-state index in [9.17, 15) is 9.18 Å². The fourth-order valence-corrected chi connectivity index (χ4v) is 3.07. The van der Waals surface area contributed by atoms with Gasteiger partial charge in [-0.2, -0.15) is 0 Å². The van der Waals surface area contributed by atoms with Crippen LogP contribution in [-0.2, 0) is 17.9 Å². The van der Waals surface area contributed by atoms with Crippen molar-refractivity contribution in [2.24, 2.45) is 0 Å². The molecular formula is C22H19Cl2FN2O2. The van der Waals surface area contributed by atoms with Gasteiger partial charge in [0.15, 0.2) is 11.6 Å². The Morgan fingerprint density at radius 2 is 1.79 bits per heavy atom. The van der Waals surface area contributed by atoms with Crippen molar-refractivity contribution in [3.8, 4) is 5.75 Å². The second-order valence-electron chi connectivity index (χ2n) is 6.35. The maximum Gasteiger partial charge on any atom is 0.226 e. The van der Waals surface area contributed by atoms with Crippen molar-refractivity contribution in [1.82, 2.24) is 9.88 Å². The summed E-state index contributed by atoms with van der Waals surface area (Å²) >= 11 is 12.1. The molecule has 1 aromatic heterocycles. The Kier molecular flexibility index (Phi) is 7.44. The number of carbonyl (C=O) groups excluding carboxylic acids is 1. The molecule has 0 fully saturated rings. The van der Waals surface area contributed by atoms with Crippen LogP contribution < -0.4 is 4.74 Å². The van der Waals surface area contributed by atoms with Crippen LogP contribution in [0.5, 0.6) is 5.75 Å². The molecule has 0 unspecified atom stereocenters. The topological polar surface area (TPSA) is 42.4 Å². The van der Waals surface area contributed by atoms with Crippen LogP contribution in [0.25, 0.3) is 0 Å². The van der Waals surface area contributed by atoms with Crippen LogP contribution >= 0.6 is 23.2 Å². The molecule has 3 rings (SSSR count). The first-order valence-electron chi connectivity index (χ1n) is 9.02. The minimum Gasteiger partial charge on any atom is -0.490 e. The third kappa shape index (κ3) is 6.17. The number of ether oxygens (including phenoxy) is 1. The summed E-state index contributed by atoms with van der Waals surface area (Å²) in [7, 11) is 0. The Morgan fingerprint density at radius 1 is 1.00 bits per heavy atom. The van der Waals surface area contributed by atoms with Gasteiger partial charge in [0.2, 0.25) is 5.91 Å². The number of nitrogens with zero attached hydrogens (tertiary/aromatic N) is 2. The highest BCUT2D eigenvalue weighted by molar-refractivity contribution is 6.42. The predicted octanol–water partition coefficient (Wildman–Crippen LogP) is 5.53. The van der Waals surface area contributed by atoms with Gasteiger partial charge in [0.1, 0.15) is 0 Å². The number of rotatable bonds is 8. The second-order valence-corrected chi connectivity index (χ2v) is 7.16. The van der Waals surface area contributed by atoms with Crippen molar-refractivity contribution in [3.63, 3.8) is 0 Å². The lowest BCUT2D eigenvalue weighted by molar-refractivity contribution is -0.133. The summed E-state index contributed by atoms with van der Waals surface area (Å²) in [5.74, 6) is -0.472. The van der Waals surface area contributed by atoms with E-state index in [2.05, 4.69) is 4.98 Å². The molecule has 0 radical (unpaired) electrons. The maximum absolute atomic E-state index is 13.7. The van der Waals surface area contributed by atoms with Crippen LogP contribution in [-0.4, -0.2) is 22.4 Å². The molecule has 0 aliphatic heterocycles. The zero-order valence-electron chi connectivity index (χ0n) is 15.5. The van der Waals surface area contributed by atoms with Gasteiger partial charge in [0.25, 0.3) is 0 Å². The van der Waals surface area contributed by atoms with Gasteiger partial charge in [-0.05, 0) is 42.0 Å². The number of pyridine rings is 1. The van der Waals surface area contributed by atoms with Crippen LogP contribution in [0.3, 0.4) is 0 Å². The summed E-state index contributed by atoms with van der Waals surface area (Å²) in [6.07, 6.45) is 1.78. The minimum atomic E-state index is -0.457. The van der Waals surface area contributed by atoms with E-state index < -0.39 is 5.82 Å². The molecule has 1 heterocycles. The monoisotopic (exact) mass is 432 g/mol. The molecule has 0 atom stereocenters. The van der Waals surface area contributed by atoms with E-state index in [1.165, 1.54) is 12.1 Å². The van der Waals surface area contributed by atoms with E-state index in [1.54, 1.807) is 35.4 Å². The number of aromatic nitrogens is 1. The Hall–Kier alpha value is -2.63. The quantitative estimate of drug-likeness (QED) is 0.470. The van der Waals surface area contributed by atoms with Gasteiger partial charge < -0.3 is 9.64 Å². The highest BCUT2D eigenvalue weighted by Gasteiger charge is 2.16.